The molecule has 0 spiro atoms. The van der Waals surface area contributed by atoms with Gasteiger partial charge in [0, 0.05) is 9.37 Å². The summed E-state index contributed by atoms with van der Waals surface area (Å²) in [5, 5.41) is 11.7. The second-order valence-corrected chi connectivity index (χ2v) is 6.11. The number of thioether (sulfide) groups is 1. The third kappa shape index (κ3) is 4.61. The zero-order chi connectivity index (χ0) is 15.2. The number of anilines is 1. The highest BCUT2D eigenvalue weighted by molar-refractivity contribution is 9.10. The van der Waals surface area contributed by atoms with Crippen molar-refractivity contribution in [1.82, 2.24) is 0 Å². The summed E-state index contributed by atoms with van der Waals surface area (Å²) in [5.41, 5.74) is 0.354. The first kappa shape index (κ1) is 15.6. The molecular weight excluding hydrogens is 354 g/mol. The Bertz CT molecular complexity index is 661. The van der Waals surface area contributed by atoms with E-state index in [0.29, 0.717) is 4.47 Å². The van der Waals surface area contributed by atoms with Gasteiger partial charge in [-0.2, -0.15) is 0 Å². The summed E-state index contributed by atoms with van der Waals surface area (Å²) in [6.45, 7) is 0. The van der Waals surface area contributed by atoms with Crippen molar-refractivity contribution in [2.75, 3.05) is 11.1 Å². The number of benzene rings is 2. The molecule has 0 aliphatic rings. The van der Waals surface area contributed by atoms with Gasteiger partial charge >= 0.3 is 5.97 Å². The summed E-state index contributed by atoms with van der Waals surface area (Å²) < 4.78 is 0.707. The van der Waals surface area contributed by atoms with Gasteiger partial charge < -0.3 is 10.4 Å². The molecule has 4 nitrogen and oxygen atoms in total. The second-order valence-electron chi connectivity index (χ2n) is 4.14. The monoisotopic (exact) mass is 365 g/mol. The Labute approximate surface area is 134 Å². The van der Waals surface area contributed by atoms with Crippen LogP contribution >= 0.6 is 27.7 Å². The lowest BCUT2D eigenvalue weighted by atomic mass is 10.2. The highest BCUT2D eigenvalue weighted by Crippen LogP contribution is 2.23. The normalized spacial score (nSPS) is 10.1. The molecule has 1 amide bonds. The van der Waals surface area contributed by atoms with Gasteiger partial charge in [0.2, 0.25) is 5.91 Å². The van der Waals surface area contributed by atoms with Crippen LogP contribution in [0.3, 0.4) is 0 Å². The van der Waals surface area contributed by atoms with Gasteiger partial charge in [0.15, 0.2) is 0 Å². The van der Waals surface area contributed by atoms with Crippen molar-refractivity contribution in [2.24, 2.45) is 0 Å². The molecule has 0 radical (unpaired) electrons. The average molecular weight is 366 g/mol. The van der Waals surface area contributed by atoms with Crippen LogP contribution in [-0.4, -0.2) is 22.7 Å². The number of carbonyl (C=O) groups is 2. The van der Waals surface area contributed by atoms with Crippen LogP contribution in [0.25, 0.3) is 0 Å². The Kier molecular flexibility index (Phi) is 5.41. The summed E-state index contributed by atoms with van der Waals surface area (Å²) in [7, 11) is 0. The summed E-state index contributed by atoms with van der Waals surface area (Å²) in [4.78, 5) is 24.0. The van der Waals surface area contributed by atoms with E-state index < -0.39 is 5.97 Å². The van der Waals surface area contributed by atoms with Crippen LogP contribution in [0, 0.1) is 0 Å². The number of carbonyl (C=O) groups excluding carboxylic acids is 1. The molecule has 0 atom stereocenters. The maximum atomic E-state index is 11.9. The summed E-state index contributed by atoms with van der Waals surface area (Å²) >= 11 is 4.66. The molecule has 0 saturated heterocycles. The first-order chi connectivity index (χ1) is 10.1. The minimum atomic E-state index is -1.08. The lowest BCUT2D eigenvalue weighted by molar-refractivity contribution is -0.113. The minimum absolute atomic E-state index is 0.0660. The lowest BCUT2D eigenvalue weighted by Gasteiger charge is -2.09. The van der Waals surface area contributed by atoms with E-state index >= 15 is 0 Å². The number of halogens is 1. The van der Waals surface area contributed by atoms with Crippen LogP contribution in [0.5, 0.6) is 0 Å². The minimum Gasteiger partial charge on any atom is -0.478 e. The number of hydrogen-bond donors (Lipinski definition) is 2. The number of nitrogens with one attached hydrogen (secondary N) is 1. The molecule has 108 valence electrons. The molecule has 0 saturated carbocycles. The predicted octanol–water partition coefficient (Wildman–Crippen LogP) is 3.88. The van der Waals surface area contributed by atoms with Crippen LogP contribution in [0.1, 0.15) is 10.4 Å². The van der Waals surface area contributed by atoms with E-state index in [-0.39, 0.29) is 22.9 Å². The zero-order valence-electron chi connectivity index (χ0n) is 10.9. The van der Waals surface area contributed by atoms with E-state index in [1.165, 1.54) is 17.8 Å². The fourth-order valence-electron chi connectivity index (χ4n) is 1.66. The third-order valence-corrected chi connectivity index (χ3v) is 4.10. The molecular formula is C15H12BrNO3S. The van der Waals surface area contributed by atoms with Crippen LogP contribution in [0.15, 0.2) is 57.9 Å². The molecule has 0 heterocycles. The van der Waals surface area contributed by atoms with Gasteiger partial charge in [-0.05, 0) is 30.3 Å². The molecule has 0 fully saturated rings. The topological polar surface area (TPSA) is 66.4 Å². The maximum Gasteiger partial charge on any atom is 0.337 e. The standard InChI is InChI=1S/C15H12BrNO3S/c16-10-6-7-12(15(19)20)13(8-10)17-14(18)9-21-11-4-2-1-3-5-11/h1-8H,9H2,(H,17,18)(H,19,20). The van der Waals surface area contributed by atoms with E-state index in [2.05, 4.69) is 21.2 Å². The molecule has 2 aromatic carbocycles. The summed E-state index contributed by atoms with van der Waals surface area (Å²) in [5.74, 6) is -1.10. The molecule has 2 aromatic rings. The maximum absolute atomic E-state index is 11.9. The van der Waals surface area contributed by atoms with Crippen molar-refractivity contribution in [3.63, 3.8) is 0 Å². The average Bonchev–Trinajstić information content (AvgIpc) is 2.46. The van der Waals surface area contributed by atoms with Crippen LogP contribution in [0.2, 0.25) is 0 Å². The second kappa shape index (κ2) is 7.28. The van der Waals surface area contributed by atoms with Gasteiger partial charge in [0.05, 0.1) is 17.0 Å². The Morgan fingerprint density at radius 1 is 1.14 bits per heavy atom. The van der Waals surface area contributed by atoms with E-state index in [9.17, 15) is 9.59 Å². The van der Waals surface area contributed by atoms with Gasteiger partial charge in [-0.1, -0.05) is 34.1 Å². The molecule has 0 aliphatic carbocycles. The van der Waals surface area contributed by atoms with Crippen molar-refractivity contribution in [3.05, 3.63) is 58.6 Å². The van der Waals surface area contributed by atoms with E-state index in [1.807, 2.05) is 30.3 Å². The first-order valence-corrected chi connectivity index (χ1v) is 7.84. The number of carboxylic acids is 1. The molecule has 0 aliphatic heterocycles. The summed E-state index contributed by atoms with van der Waals surface area (Å²) in [6, 6.07) is 14.2. The largest absolute Gasteiger partial charge is 0.478 e. The number of carboxylic acid groups (broad SMARTS) is 1. The fourth-order valence-corrected chi connectivity index (χ4v) is 2.74. The van der Waals surface area contributed by atoms with Crippen LogP contribution in [0.4, 0.5) is 5.69 Å². The molecule has 21 heavy (non-hydrogen) atoms. The van der Waals surface area contributed by atoms with Crippen molar-refractivity contribution < 1.29 is 14.7 Å². The van der Waals surface area contributed by atoms with Crippen molar-refractivity contribution >= 4 is 45.3 Å². The van der Waals surface area contributed by atoms with Gasteiger partial charge in [-0.25, -0.2) is 4.79 Å². The quantitative estimate of drug-likeness (QED) is 0.789. The third-order valence-electron chi connectivity index (χ3n) is 2.60. The van der Waals surface area contributed by atoms with Crippen LogP contribution < -0.4 is 5.32 Å². The van der Waals surface area contributed by atoms with Crippen molar-refractivity contribution in [3.8, 4) is 0 Å². The molecule has 2 N–H and O–H groups in total. The SMILES string of the molecule is O=C(CSc1ccccc1)Nc1cc(Br)ccc1C(=O)O. The molecule has 0 unspecified atom stereocenters. The lowest BCUT2D eigenvalue weighted by Crippen LogP contribution is -2.16. The van der Waals surface area contributed by atoms with E-state index in [0.717, 1.165) is 4.90 Å². The number of amides is 1. The number of rotatable bonds is 5. The molecule has 2 rings (SSSR count). The first-order valence-electron chi connectivity index (χ1n) is 6.07. The van der Waals surface area contributed by atoms with Crippen molar-refractivity contribution in [2.45, 2.75) is 4.90 Å². The van der Waals surface area contributed by atoms with E-state index in [1.54, 1.807) is 12.1 Å². The fraction of sp³-hybridized carbons (Fsp3) is 0.0667. The Morgan fingerprint density at radius 3 is 2.52 bits per heavy atom. The Morgan fingerprint density at radius 2 is 1.86 bits per heavy atom. The van der Waals surface area contributed by atoms with E-state index in [4.69, 9.17) is 5.11 Å². The Hall–Kier alpha value is -1.79. The smallest absolute Gasteiger partial charge is 0.337 e. The Balaban J connectivity index is 2.02. The zero-order valence-corrected chi connectivity index (χ0v) is 13.3. The van der Waals surface area contributed by atoms with Gasteiger partial charge in [-0.3, -0.25) is 4.79 Å². The molecule has 0 aromatic heterocycles. The van der Waals surface area contributed by atoms with Gasteiger partial charge in [0.25, 0.3) is 0 Å². The van der Waals surface area contributed by atoms with Crippen molar-refractivity contribution in [1.29, 1.82) is 0 Å². The molecule has 6 heteroatoms. The summed E-state index contributed by atoms with van der Waals surface area (Å²) in [6.07, 6.45) is 0. The predicted molar refractivity (Wildman–Crippen MR) is 86.9 cm³/mol. The highest BCUT2D eigenvalue weighted by atomic mass is 79.9. The molecule has 0 bridgehead atoms. The highest BCUT2D eigenvalue weighted by Gasteiger charge is 2.13. The number of aromatic carboxylic acids is 1. The van der Waals surface area contributed by atoms with Crippen LogP contribution in [-0.2, 0) is 4.79 Å². The number of hydrogen-bond acceptors (Lipinski definition) is 3. The van der Waals surface area contributed by atoms with Gasteiger partial charge in [0.1, 0.15) is 0 Å². The van der Waals surface area contributed by atoms with Gasteiger partial charge in [-0.15, -0.1) is 11.8 Å².